The summed E-state index contributed by atoms with van der Waals surface area (Å²) >= 11 is 10.1. The molecule has 0 amide bonds. The molecule has 0 aliphatic heterocycles. The number of nitrogens with zero attached hydrogens (tertiary/aromatic N) is 1. The van der Waals surface area contributed by atoms with E-state index in [1.165, 1.54) is 18.4 Å². The lowest BCUT2D eigenvalue weighted by Gasteiger charge is -2.18. The normalized spacial score (nSPS) is 12.0. The van der Waals surface area contributed by atoms with Crippen LogP contribution in [-0.4, -0.2) is 19.8 Å². The first-order chi connectivity index (χ1) is 9.71. The molecule has 0 spiro atoms. The molecular formula is C12H11BrClFN2O2S2. The zero-order valence-corrected chi connectivity index (χ0v) is 14.8. The maximum atomic E-state index is 13.4. The van der Waals surface area contributed by atoms with Gasteiger partial charge < -0.3 is 5.73 Å². The van der Waals surface area contributed by atoms with Gasteiger partial charge in [0, 0.05) is 18.5 Å². The zero-order chi connectivity index (χ0) is 15.8. The Morgan fingerprint density at radius 1 is 1.43 bits per heavy atom. The number of nitrogens with two attached hydrogens (primary N) is 1. The van der Waals surface area contributed by atoms with Crippen molar-refractivity contribution in [2.75, 3.05) is 12.8 Å². The highest BCUT2D eigenvalue weighted by molar-refractivity contribution is 9.10. The van der Waals surface area contributed by atoms with Gasteiger partial charge in [-0.3, -0.25) is 0 Å². The quantitative estimate of drug-likeness (QED) is 0.777. The van der Waals surface area contributed by atoms with E-state index in [9.17, 15) is 12.8 Å². The average Bonchev–Trinajstić information content (AvgIpc) is 2.79. The monoisotopic (exact) mass is 412 g/mol. The highest BCUT2D eigenvalue weighted by atomic mass is 79.9. The predicted octanol–water partition coefficient (Wildman–Crippen LogP) is 3.71. The minimum atomic E-state index is -3.82. The van der Waals surface area contributed by atoms with Gasteiger partial charge in [0.1, 0.15) is 10.7 Å². The van der Waals surface area contributed by atoms with E-state index in [0.717, 1.165) is 21.3 Å². The lowest BCUT2D eigenvalue weighted by molar-refractivity contribution is 0.470. The second-order valence-electron chi connectivity index (χ2n) is 4.27. The first kappa shape index (κ1) is 16.7. The van der Waals surface area contributed by atoms with Gasteiger partial charge in [0.05, 0.1) is 14.5 Å². The van der Waals surface area contributed by atoms with Crippen LogP contribution >= 0.6 is 38.9 Å². The molecule has 2 aromatic rings. The molecule has 0 bridgehead atoms. The Hall–Kier alpha value is -0.670. The lowest BCUT2D eigenvalue weighted by Crippen LogP contribution is -2.27. The van der Waals surface area contributed by atoms with Gasteiger partial charge in [-0.2, -0.15) is 4.31 Å². The van der Waals surface area contributed by atoms with Crippen molar-refractivity contribution in [1.29, 1.82) is 0 Å². The van der Waals surface area contributed by atoms with E-state index >= 15 is 0 Å². The van der Waals surface area contributed by atoms with E-state index in [0.29, 0.717) is 4.34 Å². The molecule has 2 N–H and O–H groups in total. The van der Waals surface area contributed by atoms with Gasteiger partial charge in [0.15, 0.2) is 0 Å². The molecule has 0 aliphatic carbocycles. The molecule has 2 rings (SSSR count). The Morgan fingerprint density at radius 3 is 2.67 bits per heavy atom. The molecule has 0 radical (unpaired) electrons. The fourth-order valence-electron chi connectivity index (χ4n) is 1.68. The molecule has 114 valence electrons. The van der Waals surface area contributed by atoms with E-state index in [1.807, 2.05) is 0 Å². The number of benzene rings is 1. The van der Waals surface area contributed by atoms with E-state index in [2.05, 4.69) is 15.9 Å². The first-order valence-corrected chi connectivity index (χ1v) is 9.09. The van der Waals surface area contributed by atoms with Crippen molar-refractivity contribution in [3.05, 3.63) is 43.8 Å². The van der Waals surface area contributed by atoms with Crippen molar-refractivity contribution in [3.63, 3.8) is 0 Å². The second-order valence-corrected chi connectivity index (χ2v) is 8.94. The van der Waals surface area contributed by atoms with Crippen LogP contribution < -0.4 is 5.73 Å². The maximum absolute atomic E-state index is 13.4. The summed E-state index contributed by atoms with van der Waals surface area (Å²) in [6.45, 7) is 0.161. The Bertz CT molecular complexity index is 780. The molecule has 0 saturated heterocycles. The summed E-state index contributed by atoms with van der Waals surface area (Å²) in [6.07, 6.45) is 0. The van der Waals surface area contributed by atoms with Gasteiger partial charge in [-0.25, -0.2) is 12.8 Å². The third-order valence-corrected chi connectivity index (χ3v) is 6.43. The maximum Gasteiger partial charge on any atom is 0.245 e. The van der Waals surface area contributed by atoms with Crippen molar-refractivity contribution < 1.29 is 12.8 Å². The van der Waals surface area contributed by atoms with Gasteiger partial charge >= 0.3 is 0 Å². The smallest absolute Gasteiger partial charge is 0.245 e. The SMILES string of the molecule is CN(Cc1ccc(Cl)s1)S(=O)(=O)c1cc(Br)c(F)cc1N. The number of halogens is 3. The van der Waals surface area contributed by atoms with Crippen LogP contribution in [0.3, 0.4) is 0 Å². The van der Waals surface area contributed by atoms with Crippen LogP contribution in [0.1, 0.15) is 4.88 Å². The second kappa shape index (κ2) is 6.21. The summed E-state index contributed by atoms with van der Waals surface area (Å²) in [5.41, 5.74) is 5.49. The number of thiophene rings is 1. The third kappa shape index (κ3) is 3.57. The van der Waals surface area contributed by atoms with Crippen molar-refractivity contribution in [3.8, 4) is 0 Å². The zero-order valence-electron chi connectivity index (χ0n) is 10.8. The van der Waals surface area contributed by atoms with Crippen LogP contribution in [0.25, 0.3) is 0 Å². The van der Waals surface area contributed by atoms with Crippen molar-refractivity contribution >= 4 is 54.6 Å². The van der Waals surface area contributed by atoms with Crippen LogP contribution in [0.4, 0.5) is 10.1 Å². The Kier molecular flexibility index (Phi) is 4.94. The number of hydrogen-bond acceptors (Lipinski definition) is 4. The number of anilines is 1. The molecule has 0 saturated carbocycles. The molecule has 0 aliphatic rings. The summed E-state index contributed by atoms with van der Waals surface area (Å²) in [6, 6.07) is 5.60. The van der Waals surface area contributed by atoms with Gasteiger partial charge in [-0.05, 0) is 40.2 Å². The predicted molar refractivity (Wildman–Crippen MR) is 86.5 cm³/mol. The average molecular weight is 414 g/mol. The summed E-state index contributed by atoms with van der Waals surface area (Å²) < 4.78 is 40.1. The standard InChI is InChI=1S/C12H11BrClFN2O2S2/c1-17(6-7-2-3-12(14)20-7)21(18,19)11-4-8(13)9(15)5-10(11)16/h2-5H,6,16H2,1H3. The van der Waals surface area contributed by atoms with E-state index in [4.69, 9.17) is 17.3 Å². The van der Waals surface area contributed by atoms with Crippen molar-refractivity contribution in [1.82, 2.24) is 4.31 Å². The van der Waals surface area contributed by atoms with E-state index in [1.54, 1.807) is 12.1 Å². The highest BCUT2D eigenvalue weighted by Crippen LogP contribution is 2.30. The summed E-state index contributed by atoms with van der Waals surface area (Å²) in [5.74, 6) is -0.612. The largest absolute Gasteiger partial charge is 0.398 e. The molecule has 0 unspecified atom stereocenters. The number of nitrogen functional groups attached to an aromatic ring is 1. The van der Waals surface area contributed by atoms with Gasteiger partial charge in [0.25, 0.3) is 0 Å². The summed E-state index contributed by atoms with van der Waals surface area (Å²) in [4.78, 5) is 0.659. The Balaban J connectivity index is 2.35. The molecule has 21 heavy (non-hydrogen) atoms. The lowest BCUT2D eigenvalue weighted by atomic mass is 10.3. The molecule has 0 fully saturated rings. The highest BCUT2D eigenvalue weighted by Gasteiger charge is 2.25. The van der Waals surface area contributed by atoms with Gasteiger partial charge in [-0.1, -0.05) is 11.6 Å². The Morgan fingerprint density at radius 2 is 2.10 bits per heavy atom. The first-order valence-electron chi connectivity index (χ1n) is 5.67. The third-order valence-electron chi connectivity index (χ3n) is 2.75. The molecule has 1 aromatic heterocycles. The Labute approximate surface area is 139 Å². The fraction of sp³-hybridized carbons (Fsp3) is 0.167. The van der Waals surface area contributed by atoms with Crippen LogP contribution in [0.5, 0.6) is 0 Å². The molecule has 1 heterocycles. The number of hydrogen-bond donors (Lipinski definition) is 1. The minimum absolute atomic E-state index is 0.0443. The van der Waals surface area contributed by atoms with Crippen LogP contribution in [0.15, 0.2) is 33.6 Å². The molecule has 1 aromatic carbocycles. The molecule has 4 nitrogen and oxygen atoms in total. The molecule has 9 heteroatoms. The molecular weight excluding hydrogens is 403 g/mol. The van der Waals surface area contributed by atoms with Gasteiger partial charge in [-0.15, -0.1) is 11.3 Å². The summed E-state index contributed by atoms with van der Waals surface area (Å²) in [7, 11) is -2.39. The van der Waals surface area contributed by atoms with E-state index < -0.39 is 15.8 Å². The summed E-state index contributed by atoms with van der Waals surface area (Å²) in [5, 5.41) is 0. The van der Waals surface area contributed by atoms with Gasteiger partial charge in [0.2, 0.25) is 10.0 Å². The van der Waals surface area contributed by atoms with Crippen LogP contribution in [0.2, 0.25) is 4.34 Å². The van der Waals surface area contributed by atoms with Crippen molar-refractivity contribution in [2.24, 2.45) is 0 Å². The van der Waals surface area contributed by atoms with E-state index in [-0.39, 0.29) is 21.6 Å². The fourth-order valence-corrected chi connectivity index (χ4v) is 4.66. The minimum Gasteiger partial charge on any atom is -0.398 e. The number of sulfonamides is 1. The van der Waals surface area contributed by atoms with Crippen LogP contribution in [-0.2, 0) is 16.6 Å². The van der Waals surface area contributed by atoms with Crippen LogP contribution in [0, 0.1) is 5.82 Å². The van der Waals surface area contributed by atoms with Crippen molar-refractivity contribution in [2.45, 2.75) is 11.4 Å². The number of rotatable bonds is 4. The molecule has 0 atom stereocenters. The topological polar surface area (TPSA) is 63.4 Å².